The van der Waals surface area contributed by atoms with Crippen LogP contribution in [0.1, 0.15) is 24.4 Å². The molecule has 0 radical (unpaired) electrons. The number of nitrogens with two attached hydrogens (primary N) is 1. The van der Waals surface area contributed by atoms with Crippen molar-refractivity contribution in [2.75, 3.05) is 0 Å². The van der Waals surface area contributed by atoms with Crippen LogP contribution in [-0.4, -0.2) is 19.3 Å². The Kier molecular flexibility index (Phi) is 3.46. The first-order chi connectivity index (χ1) is 8.17. The molecule has 0 aliphatic carbocycles. The summed E-state index contributed by atoms with van der Waals surface area (Å²) >= 11 is 6.14. The summed E-state index contributed by atoms with van der Waals surface area (Å²) in [7, 11) is 1.91. The molecule has 0 aliphatic rings. The van der Waals surface area contributed by atoms with Crippen LogP contribution in [-0.2, 0) is 13.6 Å². The maximum atomic E-state index is 6.14. The molecule has 3 N–H and O–H groups in total. The van der Waals surface area contributed by atoms with E-state index in [-0.39, 0.29) is 6.04 Å². The minimum atomic E-state index is -0.258. The number of hydrazine groups is 1. The van der Waals surface area contributed by atoms with Crippen LogP contribution in [0.15, 0.2) is 18.7 Å². The van der Waals surface area contributed by atoms with Gasteiger partial charge in [-0.2, -0.15) is 5.10 Å². The van der Waals surface area contributed by atoms with Crippen molar-refractivity contribution in [2.24, 2.45) is 12.9 Å². The third kappa shape index (κ3) is 2.19. The average molecular weight is 255 g/mol. The van der Waals surface area contributed by atoms with Crippen LogP contribution in [0.4, 0.5) is 0 Å². The number of hydrogen-bond donors (Lipinski definition) is 2. The average Bonchev–Trinajstić information content (AvgIpc) is 2.89. The zero-order valence-corrected chi connectivity index (χ0v) is 10.5. The van der Waals surface area contributed by atoms with E-state index in [0.717, 1.165) is 17.9 Å². The van der Waals surface area contributed by atoms with Crippen LogP contribution >= 0.6 is 11.6 Å². The number of imidazole rings is 1. The standard InChI is InChI=1S/C10H15ClN6/c1-3-17-10(7(11)4-14-17)9(15-12)8-5-16(2)6-13-8/h4-6,9,15H,3,12H2,1-2H3. The normalized spacial score (nSPS) is 12.9. The van der Waals surface area contributed by atoms with Gasteiger partial charge in [0.25, 0.3) is 0 Å². The molecule has 2 rings (SSSR count). The van der Waals surface area contributed by atoms with Gasteiger partial charge in [0, 0.05) is 19.8 Å². The number of hydrogen-bond acceptors (Lipinski definition) is 4. The lowest BCUT2D eigenvalue weighted by Gasteiger charge is -2.15. The molecule has 2 heterocycles. The molecule has 0 aromatic carbocycles. The van der Waals surface area contributed by atoms with Crippen molar-refractivity contribution in [3.8, 4) is 0 Å². The second kappa shape index (κ2) is 4.87. The third-order valence-electron chi connectivity index (χ3n) is 2.59. The molecule has 1 unspecified atom stereocenters. The molecule has 0 saturated heterocycles. The van der Waals surface area contributed by atoms with Gasteiger partial charge in [-0.1, -0.05) is 11.6 Å². The maximum absolute atomic E-state index is 6.14. The summed E-state index contributed by atoms with van der Waals surface area (Å²) < 4.78 is 3.67. The van der Waals surface area contributed by atoms with E-state index in [1.807, 2.05) is 29.4 Å². The lowest BCUT2D eigenvalue weighted by atomic mass is 10.1. The van der Waals surface area contributed by atoms with Crippen molar-refractivity contribution in [1.29, 1.82) is 0 Å². The molecule has 0 saturated carbocycles. The van der Waals surface area contributed by atoms with Gasteiger partial charge in [-0.3, -0.25) is 10.5 Å². The Morgan fingerprint density at radius 3 is 2.88 bits per heavy atom. The summed E-state index contributed by atoms with van der Waals surface area (Å²) in [5, 5.41) is 4.77. The first kappa shape index (κ1) is 12.1. The van der Waals surface area contributed by atoms with E-state index in [0.29, 0.717) is 5.02 Å². The van der Waals surface area contributed by atoms with Crippen molar-refractivity contribution in [1.82, 2.24) is 24.8 Å². The number of nitrogens with zero attached hydrogens (tertiary/aromatic N) is 4. The Morgan fingerprint density at radius 1 is 1.59 bits per heavy atom. The van der Waals surface area contributed by atoms with Crippen molar-refractivity contribution >= 4 is 11.6 Å². The zero-order valence-electron chi connectivity index (χ0n) is 9.76. The zero-order chi connectivity index (χ0) is 12.4. The second-order valence-corrected chi connectivity index (χ2v) is 4.16. The summed E-state index contributed by atoms with van der Waals surface area (Å²) in [5.74, 6) is 5.60. The molecular weight excluding hydrogens is 240 g/mol. The van der Waals surface area contributed by atoms with Gasteiger partial charge in [-0.05, 0) is 6.92 Å². The fraction of sp³-hybridized carbons (Fsp3) is 0.400. The Morgan fingerprint density at radius 2 is 2.35 bits per heavy atom. The SMILES string of the molecule is CCn1ncc(Cl)c1C(NN)c1cn(C)cn1. The van der Waals surface area contributed by atoms with Crippen molar-refractivity contribution in [3.05, 3.63) is 35.1 Å². The van der Waals surface area contributed by atoms with Crippen LogP contribution in [0, 0.1) is 0 Å². The molecule has 0 aliphatic heterocycles. The molecule has 6 nitrogen and oxygen atoms in total. The van der Waals surface area contributed by atoms with E-state index in [1.165, 1.54) is 0 Å². The molecule has 0 spiro atoms. The number of aromatic nitrogens is 4. The molecular formula is C10H15ClN6. The highest BCUT2D eigenvalue weighted by Crippen LogP contribution is 2.26. The van der Waals surface area contributed by atoms with Gasteiger partial charge >= 0.3 is 0 Å². The molecule has 7 heteroatoms. The molecule has 0 fully saturated rings. The summed E-state index contributed by atoms with van der Waals surface area (Å²) in [6.45, 7) is 2.73. The molecule has 2 aromatic rings. The fourth-order valence-corrected chi connectivity index (χ4v) is 2.05. The van der Waals surface area contributed by atoms with Crippen LogP contribution in [0.5, 0.6) is 0 Å². The fourth-order valence-electron chi connectivity index (χ4n) is 1.80. The highest BCUT2D eigenvalue weighted by atomic mass is 35.5. The molecule has 2 aromatic heterocycles. The Hall–Kier alpha value is -1.37. The number of halogens is 1. The van der Waals surface area contributed by atoms with Gasteiger partial charge < -0.3 is 4.57 Å². The third-order valence-corrected chi connectivity index (χ3v) is 2.88. The minimum absolute atomic E-state index is 0.258. The van der Waals surface area contributed by atoms with E-state index < -0.39 is 0 Å². The van der Waals surface area contributed by atoms with Gasteiger partial charge in [0.15, 0.2) is 0 Å². The van der Waals surface area contributed by atoms with E-state index in [4.69, 9.17) is 17.4 Å². The lowest BCUT2D eigenvalue weighted by Crippen LogP contribution is -2.31. The second-order valence-electron chi connectivity index (χ2n) is 3.76. The maximum Gasteiger partial charge on any atom is 0.108 e. The Balaban J connectivity index is 2.44. The topological polar surface area (TPSA) is 73.7 Å². The van der Waals surface area contributed by atoms with Crippen molar-refractivity contribution in [3.63, 3.8) is 0 Å². The number of nitrogens with one attached hydrogen (secondary N) is 1. The van der Waals surface area contributed by atoms with Gasteiger partial charge in [-0.15, -0.1) is 0 Å². The van der Waals surface area contributed by atoms with Crippen LogP contribution in [0.2, 0.25) is 5.02 Å². The predicted molar refractivity (Wildman–Crippen MR) is 65.3 cm³/mol. The largest absolute Gasteiger partial charge is 0.340 e. The Labute approximate surface area is 104 Å². The summed E-state index contributed by atoms with van der Waals surface area (Å²) in [5.41, 5.74) is 4.37. The summed E-state index contributed by atoms with van der Waals surface area (Å²) in [6.07, 6.45) is 5.24. The molecule has 17 heavy (non-hydrogen) atoms. The highest BCUT2D eigenvalue weighted by molar-refractivity contribution is 6.31. The van der Waals surface area contributed by atoms with Gasteiger partial charge in [0.1, 0.15) is 6.04 Å². The van der Waals surface area contributed by atoms with Crippen molar-refractivity contribution < 1.29 is 0 Å². The number of aryl methyl sites for hydroxylation is 2. The predicted octanol–water partition coefficient (Wildman–Crippen LogP) is 0.843. The Bertz CT molecular complexity index is 503. The smallest absolute Gasteiger partial charge is 0.108 e. The first-order valence-electron chi connectivity index (χ1n) is 5.32. The summed E-state index contributed by atoms with van der Waals surface area (Å²) in [6, 6.07) is -0.258. The lowest BCUT2D eigenvalue weighted by molar-refractivity contribution is 0.536. The van der Waals surface area contributed by atoms with E-state index in [2.05, 4.69) is 15.5 Å². The molecule has 0 bridgehead atoms. The van der Waals surface area contributed by atoms with E-state index >= 15 is 0 Å². The van der Waals surface area contributed by atoms with E-state index in [1.54, 1.807) is 12.5 Å². The highest BCUT2D eigenvalue weighted by Gasteiger charge is 2.22. The molecule has 92 valence electrons. The van der Waals surface area contributed by atoms with Crippen molar-refractivity contribution in [2.45, 2.75) is 19.5 Å². The van der Waals surface area contributed by atoms with Gasteiger partial charge in [0.2, 0.25) is 0 Å². The first-order valence-corrected chi connectivity index (χ1v) is 5.70. The van der Waals surface area contributed by atoms with Crippen LogP contribution < -0.4 is 11.3 Å². The monoisotopic (exact) mass is 254 g/mol. The van der Waals surface area contributed by atoms with Crippen LogP contribution in [0.3, 0.4) is 0 Å². The van der Waals surface area contributed by atoms with Crippen LogP contribution in [0.25, 0.3) is 0 Å². The summed E-state index contributed by atoms with van der Waals surface area (Å²) in [4.78, 5) is 4.28. The quantitative estimate of drug-likeness (QED) is 0.627. The number of rotatable bonds is 4. The van der Waals surface area contributed by atoms with E-state index in [9.17, 15) is 0 Å². The van der Waals surface area contributed by atoms with Gasteiger partial charge in [0.05, 0.1) is 28.9 Å². The van der Waals surface area contributed by atoms with Gasteiger partial charge in [-0.25, -0.2) is 10.4 Å². The molecule has 0 amide bonds. The minimum Gasteiger partial charge on any atom is -0.340 e. The molecule has 1 atom stereocenters.